The van der Waals surface area contributed by atoms with Gasteiger partial charge in [0.2, 0.25) is 0 Å². The van der Waals surface area contributed by atoms with Gasteiger partial charge >= 0.3 is 0 Å². The zero-order chi connectivity index (χ0) is 12.1. The smallest absolute Gasteiger partial charge is 0.142 e. The molecule has 1 aromatic carbocycles. The van der Waals surface area contributed by atoms with Gasteiger partial charge in [0, 0.05) is 17.5 Å². The highest BCUT2D eigenvalue weighted by molar-refractivity contribution is 7.09. The van der Waals surface area contributed by atoms with E-state index in [0.717, 1.165) is 24.3 Å². The quantitative estimate of drug-likeness (QED) is 0.653. The summed E-state index contributed by atoms with van der Waals surface area (Å²) in [6, 6.07) is 7.57. The predicted molar refractivity (Wildman–Crippen MR) is 71.5 cm³/mol. The van der Waals surface area contributed by atoms with Crippen molar-refractivity contribution in [3.05, 3.63) is 40.3 Å². The number of hydrogen-bond donors (Lipinski definition) is 1. The molecule has 4 heteroatoms. The molecule has 2 N–H and O–H groups in total. The second kappa shape index (κ2) is 5.68. The van der Waals surface area contributed by atoms with Crippen LogP contribution in [0.1, 0.15) is 17.1 Å². The van der Waals surface area contributed by atoms with E-state index in [1.54, 1.807) is 11.3 Å². The molecule has 90 valence electrons. The number of aryl methyl sites for hydroxylation is 2. The first-order chi connectivity index (χ1) is 8.25. The van der Waals surface area contributed by atoms with Gasteiger partial charge in [0.1, 0.15) is 5.75 Å². The summed E-state index contributed by atoms with van der Waals surface area (Å²) < 4.78 is 5.62. The van der Waals surface area contributed by atoms with Crippen LogP contribution in [0.4, 0.5) is 5.69 Å². The lowest BCUT2D eigenvalue weighted by molar-refractivity contribution is 0.312. The number of ether oxygens (including phenoxy) is 1. The number of aromatic nitrogens is 1. The minimum absolute atomic E-state index is 0.673. The largest absolute Gasteiger partial charge is 0.491 e. The second-order valence-electron chi connectivity index (χ2n) is 3.87. The fourth-order valence-electron chi connectivity index (χ4n) is 1.54. The number of anilines is 1. The summed E-state index contributed by atoms with van der Waals surface area (Å²) in [4.78, 5) is 4.41. The lowest BCUT2D eigenvalue weighted by atomic mass is 10.3. The molecule has 0 amide bonds. The van der Waals surface area contributed by atoms with Gasteiger partial charge in [-0.15, -0.1) is 11.3 Å². The first-order valence-corrected chi connectivity index (χ1v) is 6.52. The van der Waals surface area contributed by atoms with Crippen LogP contribution < -0.4 is 10.5 Å². The summed E-state index contributed by atoms with van der Waals surface area (Å²) in [6.07, 6.45) is 1.92. The number of rotatable bonds is 5. The van der Waals surface area contributed by atoms with E-state index in [-0.39, 0.29) is 0 Å². The van der Waals surface area contributed by atoms with Crippen LogP contribution >= 0.6 is 11.3 Å². The molecule has 0 aliphatic carbocycles. The molecule has 0 saturated heterocycles. The van der Waals surface area contributed by atoms with Gasteiger partial charge in [-0.05, 0) is 25.5 Å². The molecule has 1 heterocycles. The molecule has 17 heavy (non-hydrogen) atoms. The number of nitrogen functional groups attached to an aromatic ring is 1. The molecule has 2 aromatic rings. The Hall–Kier alpha value is -1.55. The first kappa shape index (κ1) is 11.9. The molecule has 2 rings (SSSR count). The van der Waals surface area contributed by atoms with Gasteiger partial charge in [0.05, 0.1) is 17.3 Å². The van der Waals surface area contributed by atoms with Crippen molar-refractivity contribution in [2.24, 2.45) is 0 Å². The van der Waals surface area contributed by atoms with E-state index in [9.17, 15) is 0 Å². The number of para-hydroxylation sites is 2. The van der Waals surface area contributed by atoms with Crippen molar-refractivity contribution in [3.63, 3.8) is 0 Å². The normalized spacial score (nSPS) is 10.4. The first-order valence-electron chi connectivity index (χ1n) is 5.64. The fourth-order valence-corrected chi connectivity index (χ4v) is 2.35. The molecule has 0 bridgehead atoms. The van der Waals surface area contributed by atoms with E-state index < -0.39 is 0 Å². The number of nitrogens with two attached hydrogens (primary N) is 1. The highest BCUT2D eigenvalue weighted by atomic mass is 32.1. The van der Waals surface area contributed by atoms with Gasteiger partial charge in [-0.25, -0.2) is 4.98 Å². The van der Waals surface area contributed by atoms with Crippen LogP contribution in [0.2, 0.25) is 0 Å². The minimum Gasteiger partial charge on any atom is -0.491 e. The van der Waals surface area contributed by atoms with Crippen molar-refractivity contribution in [1.29, 1.82) is 0 Å². The molecule has 0 atom stereocenters. The third-order valence-corrected chi connectivity index (χ3v) is 3.40. The van der Waals surface area contributed by atoms with E-state index in [1.807, 2.05) is 31.2 Å². The Morgan fingerprint density at radius 3 is 2.88 bits per heavy atom. The zero-order valence-corrected chi connectivity index (χ0v) is 10.7. The number of hydrogen-bond acceptors (Lipinski definition) is 4. The van der Waals surface area contributed by atoms with Gasteiger partial charge in [-0.3, -0.25) is 0 Å². The average Bonchev–Trinajstić information content (AvgIpc) is 2.73. The number of thiazole rings is 1. The number of benzene rings is 1. The van der Waals surface area contributed by atoms with Crippen molar-refractivity contribution >= 4 is 17.0 Å². The Kier molecular flexibility index (Phi) is 3.98. The lowest BCUT2D eigenvalue weighted by Crippen LogP contribution is -2.01. The van der Waals surface area contributed by atoms with Gasteiger partial charge in [0.15, 0.2) is 0 Å². The third kappa shape index (κ3) is 3.46. The van der Waals surface area contributed by atoms with Crippen LogP contribution in [-0.4, -0.2) is 11.6 Å². The van der Waals surface area contributed by atoms with Crippen LogP contribution in [0.15, 0.2) is 29.6 Å². The van der Waals surface area contributed by atoms with Gasteiger partial charge in [-0.2, -0.15) is 0 Å². The Morgan fingerprint density at radius 2 is 2.18 bits per heavy atom. The Morgan fingerprint density at radius 1 is 1.35 bits per heavy atom. The Labute approximate surface area is 105 Å². The fraction of sp³-hybridized carbons (Fsp3) is 0.308. The lowest BCUT2D eigenvalue weighted by Gasteiger charge is -2.07. The van der Waals surface area contributed by atoms with Crippen LogP contribution in [0.25, 0.3) is 0 Å². The van der Waals surface area contributed by atoms with Crippen LogP contribution in [0.5, 0.6) is 5.75 Å². The highest BCUT2D eigenvalue weighted by Gasteiger charge is 2.00. The van der Waals surface area contributed by atoms with E-state index in [1.165, 1.54) is 5.01 Å². The van der Waals surface area contributed by atoms with Crippen molar-refractivity contribution in [2.75, 3.05) is 12.3 Å². The summed E-state index contributed by atoms with van der Waals surface area (Å²) in [5, 5.41) is 3.25. The average molecular weight is 248 g/mol. The molecule has 0 saturated carbocycles. The molecule has 0 spiro atoms. The molecule has 1 aromatic heterocycles. The maximum Gasteiger partial charge on any atom is 0.142 e. The topological polar surface area (TPSA) is 48.1 Å². The van der Waals surface area contributed by atoms with Gasteiger partial charge < -0.3 is 10.5 Å². The monoisotopic (exact) mass is 248 g/mol. The summed E-state index contributed by atoms with van der Waals surface area (Å²) in [6.45, 7) is 2.69. The zero-order valence-electron chi connectivity index (χ0n) is 9.85. The molecular formula is C13H16N2OS. The summed E-state index contributed by atoms with van der Waals surface area (Å²) in [5.74, 6) is 0.766. The molecule has 0 unspecified atom stereocenters. The molecular weight excluding hydrogens is 232 g/mol. The summed E-state index contributed by atoms with van der Waals surface area (Å²) >= 11 is 1.71. The molecule has 0 aliphatic heterocycles. The predicted octanol–water partition coefficient (Wildman–Crippen LogP) is 3.05. The third-order valence-electron chi connectivity index (χ3n) is 2.38. The van der Waals surface area contributed by atoms with Crippen molar-refractivity contribution in [2.45, 2.75) is 19.8 Å². The van der Waals surface area contributed by atoms with E-state index >= 15 is 0 Å². The van der Waals surface area contributed by atoms with Crippen molar-refractivity contribution < 1.29 is 4.74 Å². The van der Waals surface area contributed by atoms with Gasteiger partial charge in [-0.1, -0.05) is 12.1 Å². The Bertz CT molecular complexity index is 482. The highest BCUT2D eigenvalue weighted by Crippen LogP contribution is 2.20. The summed E-state index contributed by atoms with van der Waals surface area (Å²) in [5.41, 5.74) is 7.57. The van der Waals surface area contributed by atoms with Crippen molar-refractivity contribution in [1.82, 2.24) is 4.98 Å². The van der Waals surface area contributed by atoms with E-state index in [0.29, 0.717) is 12.3 Å². The SMILES string of the molecule is Cc1csc(CCCOc2ccccc2N)n1. The minimum atomic E-state index is 0.673. The summed E-state index contributed by atoms with van der Waals surface area (Å²) in [7, 11) is 0. The van der Waals surface area contributed by atoms with Crippen LogP contribution in [-0.2, 0) is 6.42 Å². The molecule has 0 radical (unpaired) electrons. The standard InChI is InChI=1S/C13H16N2OS/c1-10-9-17-13(15-10)7-4-8-16-12-6-3-2-5-11(12)14/h2-3,5-6,9H,4,7-8,14H2,1H3. The number of nitrogens with zero attached hydrogens (tertiary/aromatic N) is 1. The Balaban J connectivity index is 1.75. The molecule has 3 nitrogen and oxygen atoms in total. The van der Waals surface area contributed by atoms with E-state index in [2.05, 4.69) is 10.4 Å². The maximum atomic E-state index is 5.78. The maximum absolute atomic E-state index is 5.78. The van der Waals surface area contributed by atoms with Crippen molar-refractivity contribution in [3.8, 4) is 5.75 Å². The van der Waals surface area contributed by atoms with E-state index in [4.69, 9.17) is 10.5 Å². The second-order valence-corrected chi connectivity index (χ2v) is 4.82. The van der Waals surface area contributed by atoms with Gasteiger partial charge in [0.25, 0.3) is 0 Å². The molecule has 0 aliphatic rings. The van der Waals surface area contributed by atoms with Crippen LogP contribution in [0.3, 0.4) is 0 Å². The molecule has 0 fully saturated rings. The van der Waals surface area contributed by atoms with Crippen LogP contribution in [0, 0.1) is 6.92 Å².